The predicted octanol–water partition coefficient (Wildman–Crippen LogP) is 1.31. The van der Waals surface area contributed by atoms with Crippen molar-refractivity contribution in [2.75, 3.05) is 0 Å². The fraction of sp³-hybridized carbons (Fsp3) is 0.273. The normalized spacial score (nSPS) is 10.5. The molecular weight excluding hydrogens is 190 g/mol. The number of hydrogen-bond acceptors (Lipinski definition) is 3. The summed E-state index contributed by atoms with van der Waals surface area (Å²) < 4.78 is 1.69. The van der Waals surface area contributed by atoms with E-state index in [0.717, 1.165) is 24.1 Å². The standard InChI is InChI=1S/C11H13N3O/c1-14-8-10(12-13-14)6-5-9-3-2-4-11(15)7-9/h2-4,7-8,15H,5-6H2,1H3. The summed E-state index contributed by atoms with van der Waals surface area (Å²) >= 11 is 0. The van der Waals surface area contributed by atoms with Crippen LogP contribution in [0, 0.1) is 0 Å². The van der Waals surface area contributed by atoms with E-state index in [1.165, 1.54) is 0 Å². The number of rotatable bonds is 3. The molecule has 1 N–H and O–H groups in total. The Morgan fingerprint density at radius 3 is 2.87 bits per heavy atom. The van der Waals surface area contributed by atoms with Crippen molar-refractivity contribution in [3.63, 3.8) is 0 Å². The summed E-state index contributed by atoms with van der Waals surface area (Å²) in [5.41, 5.74) is 2.08. The number of aromatic hydroxyl groups is 1. The largest absolute Gasteiger partial charge is 0.508 e. The minimum Gasteiger partial charge on any atom is -0.508 e. The lowest BCUT2D eigenvalue weighted by Gasteiger charge is -1.99. The van der Waals surface area contributed by atoms with Crippen molar-refractivity contribution in [1.29, 1.82) is 0 Å². The molecule has 0 bridgehead atoms. The molecule has 1 heterocycles. The van der Waals surface area contributed by atoms with Crippen LogP contribution in [0.3, 0.4) is 0 Å². The van der Waals surface area contributed by atoms with Gasteiger partial charge in [0.15, 0.2) is 0 Å². The first-order valence-corrected chi connectivity index (χ1v) is 4.87. The number of benzene rings is 1. The molecule has 0 fully saturated rings. The average molecular weight is 203 g/mol. The second-order valence-corrected chi connectivity index (χ2v) is 3.55. The lowest BCUT2D eigenvalue weighted by atomic mass is 10.1. The summed E-state index contributed by atoms with van der Waals surface area (Å²) in [6.45, 7) is 0. The fourth-order valence-corrected chi connectivity index (χ4v) is 1.49. The van der Waals surface area contributed by atoms with Crippen molar-refractivity contribution in [1.82, 2.24) is 15.0 Å². The first-order chi connectivity index (χ1) is 7.24. The molecule has 0 saturated carbocycles. The van der Waals surface area contributed by atoms with Gasteiger partial charge >= 0.3 is 0 Å². The highest BCUT2D eigenvalue weighted by molar-refractivity contribution is 5.27. The van der Waals surface area contributed by atoms with Crippen LogP contribution in [0.5, 0.6) is 5.75 Å². The van der Waals surface area contributed by atoms with Gasteiger partial charge in [-0.15, -0.1) is 5.10 Å². The van der Waals surface area contributed by atoms with Gasteiger partial charge in [-0.1, -0.05) is 17.3 Å². The topological polar surface area (TPSA) is 50.9 Å². The van der Waals surface area contributed by atoms with Crippen molar-refractivity contribution in [2.45, 2.75) is 12.8 Å². The molecule has 0 aliphatic rings. The van der Waals surface area contributed by atoms with Gasteiger partial charge in [0.1, 0.15) is 5.75 Å². The van der Waals surface area contributed by atoms with Gasteiger partial charge in [0.2, 0.25) is 0 Å². The Balaban J connectivity index is 1.99. The number of aromatic nitrogens is 3. The first-order valence-electron chi connectivity index (χ1n) is 4.87. The van der Waals surface area contributed by atoms with Crippen molar-refractivity contribution >= 4 is 0 Å². The minimum atomic E-state index is 0.312. The first kappa shape index (κ1) is 9.71. The Morgan fingerprint density at radius 1 is 1.33 bits per heavy atom. The third kappa shape index (κ3) is 2.56. The third-order valence-electron chi connectivity index (χ3n) is 2.23. The molecule has 0 saturated heterocycles. The van der Waals surface area contributed by atoms with Crippen molar-refractivity contribution in [3.05, 3.63) is 41.7 Å². The van der Waals surface area contributed by atoms with E-state index in [4.69, 9.17) is 0 Å². The van der Waals surface area contributed by atoms with E-state index in [-0.39, 0.29) is 0 Å². The third-order valence-corrected chi connectivity index (χ3v) is 2.23. The van der Waals surface area contributed by atoms with E-state index in [1.54, 1.807) is 16.8 Å². The molecule has 4 heteroatoms. The zero-order chi connectivity index (χ0) is 10.7. The fourth-order valence-electron chi connectivity index (χ4n) is 1.49. The van der Waals surface area contributed by atoms with E-state index >= 15 is 0 Å². The molecule has 0 aliphatic heterocycles. The zero-order valence-electron chi connectivity index (χ0n) is 8.59. The van der Waals surface area contributed by atoms with Crippen LogP contribution in [0.1, 0.15) is 11.3 Å². The van der Waals surface area contributed by atoms with Gasteiger partial charge in [0, 0.05) is 13.2 Å². The summed E-state index contributed by atoms with van der Waals surface area (Å²) in [4.78, 5) is 0. The molecule has 0 aliphatic carbocycles. The highest BCUT2D eigenvalue weighted by Gasteiger charge is 2.00. The van der Waals surface area contributed by atoms with E-state index < -0.39 is 0 Å². The molecule has 0 unspecified atom stereocenters. The molecule has 15 heavy (non-hydrogen) atoms. The molecule has 0 amide bonds. The Bertz CT molecular complexity index is 451. The van der Waals surface area contributed by atoms with Gasteiger partial charge in [-0.05, 0) is 30.5 Å². The number of aryl methyl sites for hydroxylation is 3. The lowest BCUT2D eigenvalue weighted by Crippen LogP contribution is -1.91. The molecule has 4 nitrogen and oxygen atoms in total. The molecule has 0 atom stereocenters. The van der Waals surface area contributed by atoms with Crippen LogP contribution in [0.25, 0.3) is 0 Å². The van der Waals surface area contributed by atoms with Gasteiger partial charge in [-0.2, -0.15) is 0 Å². The van der Waals surface area contributed by atoms with E-state index in [0.29, 0.717) is 5.75 Å². The Labute approximate surface area is 88.2 Å². The molecule has 1 aromatic carbocycles. The van der Waals surface area contributed by atoms with Gasteiger partial charge in [0.05, 0.1) is 5.69 Å². The number of phenolic OH excluding ortho intramolecular Hbond substituents is 1. The second-order valence-electron chi connectivity index (χ2n) is 3.55. The summed E-state index contributed by atoms with van der Waals surface area (Å²) in [6.07, 6.45) is 3.62. The van der Waals surface area contributed by atoms with Crippen LogP contribution in [-0.2, 0) is 19.9 Å². The van der Waals surface area contributed by atoms with Crippen LogP contribution in [0.4, 0.5) is 0 Å². The summed E-state index contributed by atoms with van der Waals surface area (Å²) in [5.74, 6) is 0.312. The van der Waals surface area contributed by atoms with Gasteiger partial charge in [-0.3, -0.25) is 4.68 Å². The van der Waals surface area contributed by atoms with Gasteiger partial charge in [0.25, 0.3) is 0 Å². The number of hydrogen-bond donors (Lipinski definition) is 1. The Hall–Kier alpha value is -1.84. The average Bonchev–Trinajstić information content (AvgIpc) is 2.62. The number of phenols is 1. The molecule has 0 radical (unpaired) electrons. The van der Waals surface area contributed by atoms with Crippen LogP contribution < -0.4 is 0 Å². The maximum absolute atomic E-state index is 9.28. The second kappa shape index (κ2) is 4.13. The van der Waals surface area contributed by atoms with E-state index in [1.807, 2.05) is 25.4 Å². The monoisotopic (exact) mass is 203 g/mol. The molecule has 78 valence electrons. The lowest BCUT2D eigenvalue weighted by molar-refractivity contribution is 0.474. The van der Waals surface area contributed by atoms with Crippen LogP contribution in [-0.4, -0.2) is 20.1 Å². The SMILES string of the molecule is Cn1cc(CCc2cccc(O)c2)nn1. The predicted molar refractivity (Wildman–Crippen MR) is 56.5 cm³/mol. The molecule has 2 rings (SSSR count). The maximum atomic E-state index is 9.28. The number of nitrogens with zero attached hydrogens (tertiary/aromatic N) is 3. The minimum absolute atomic E-state index is 0.312. The molecule has 2 aromatic rings. The highest BCUT2D eigenvalue weighted by atomic mass is 16.3. The summed E-state index contributed by atoms with van der Waals surface area (Å²) in [7, 11) is 1.85. The van der Waals surface area contributed by atoms with Gasteiger partial charge in [-0.25, -0.2) is 0 Å². The van der Waals surface area contributed by atoms with Crippen LogP contribution in [0.15, 0.2) is 30.5 Å². The molecule has 1 aromatic heterocycles. The van der Waals surface area contributed by atoms with Gasteiger partial charge < -0.3 is 5.11 Å². The summed E-state index contributed by atoms with van der Waals surface area (Å²) in [6, 6.07) is 7.29. The van der Waals surface area contributed by atoms with Crippen molar-refractivity contribution in [2.24, 2.45) is 7.05 Å². The Morgan fingerprint density at radius 2 is 2.20 bits per heavy atom. The van der Waals surface area contributed by atoms with Crippen molar-refractivity contribution in [3.8, 4) is 5.75 Å². The van der Waals surface area contributed by atoms with Crippen LogP contribution >= 0.6 is 0 Å². The zero-order valence-corrected chi connectivity index (χ0v) is 8.59. The molecule has 0 spiro atoms. The van der Waals surface area contributed by atoms with Crippen molar-refractivity contribution < 1.29 is 5.11 Å². The highest BCUT2D eigenvalue weighted by Crippen LogP contribution is 2.12. The van der Waals surface area contributed by atoms with Crippen LogP contribution in [0.2, 0.25) is 0 Å². The molecular formula is C11H13N3O. The van der Waals surface area contributed by atoms with E-state index in [2.05, 4.69) is 10.3 Å². The smallest absolute Gasteiger partial charge is 0.115 e. The Kier molecular flexibility index (Phi) is 2.67. The van der Waals surface area contributed by atoms with E-state index in [9.17, 15) is 5.11 Å². The summed E-state index contributed by atoms with van der Waals surface area (Å²) in [5, 5.41) is 17.1. The maximum Gasteiger partial charge on any atom is 0.115 e. The quantitative estimate of drug-likeness (QED) is 0.818.